The molecule has 0 saturated carbocycles. The number of nitrogens with one attached hydrogen (secondary N) is 1. The van der Waals surface area contributed by atoms with Crippen molar-refractivity contribution in [1.29, 1.82) is 0 Å². The monoisotopic (exact) mass is 185 g/mol. The van der Waals surface area contributed by atoms with Crippen LogP contribution in [0.4, 0.5) is 4.79 Å². The largest absolute Gasteiger partial charge is 0.414 e. The smallest absolute Gasteiger partial charge is 0.372 e. The van der Waals surface area contributed by atoms with Crippen molar-refractivity contribution in [2.45, 2.75) is 0 Å². The third-order valence-corrected chi connectivity index (χ3v) is 1.96. The van der Waals surface area contributed by atoms with Gasteiger partial charge in [0.15, 0.2) is 0 Å². The first-order valence-corrected chi connectivity index (χ1v) is 4.09. The molecule has 1 aromatic heterocycles. The van der Waals surface area contributed by atoms with Crippen LogP contribution in [-0.2, 0) is 4.74 Å². The van der Waals surface area contributed by atoms with Gasteiger partial charge in [-0.3, -0.25) is 0 Å². The lowest BCUT2D eigenvalue weighted by Crippen LogP contribution is -2.22. The van der Waals surface area contributed by atoms with Crippen LogP contribution in [0.2, 0.25) is 0 Å². The molecule has 1 rings (SSSR count). The molecule has 0 aliphatic carbocycles. The summed E-state index contributed by atoms with van der Waals surface area (Å²) >= 11 is 1.23. The van der Waals surface area contributed by atoms with Gasteiger partial charge in [-0.15, -0.1) is 11.3 Å². The highest BCUT2D eigenvalue weighted by Gasteiger charge is 2.11. The van der Waals surface area contributed by atoms with E-state index in [1.165, 1.54) is 18.4 Å². The number of esters is 1. The van der Waals surface area contributed by atoms with Gasteiger partial charge in [-0.25, -0.2) is 9.59 Å². The van der Waals surface area contributed by atoms with Crippen molar-refractivity contribution in [3.8, 4) is 0 Å². The van der Waals surface area contributed by atoms with E-state index in [-0.39, 0.29) is 0 Å². The Morgan fingerprint density at radius 3 is 2.83 bits per heavy atom. The van der Waals surface area contributed by atoms with Gasteiger partial charge in [0.05, 0.1) is 0 Å². The van der Waals surface area contributed by atoms with E-state index < -0.39 is 12.1 Å². The number of alkyl carbamates (subject to hydrolysis) is 1. The first-order chi connectivity index (χ1) is 5.74. The molecule has 0 saturated heterocycles. The second-order valence-electron chi connectivity index (χ2n) is 1.90. The van der Waals surface area contributed by atoms with Gasteiger partial charge in [-0.05, 0) is 11.4 Å². The third-order valence-electron chi connectivity index (χ3n) is 1.11. The maximum Gasteiger partial charge on any atom is 0.414 e. The van der Waals surface area contributed by atoms with Gasteiger partial charge in [0.2, 0.25) is 0 Å². The maximum absolute atomic E-state index is 11.0. The molecule has 0 aromatic carbocycles. The fourth-order valence-corrected chi connectivity index (χ4v) is 1.18. The molecule has 64 valence electrons. The van der Waals surface area contributed by atoms with Gasteiger partial charge in [0, 0.05) is 7.05 Å². The van der Waals surface area contributed by atoms with Crippen molar-refractivity contribution in [3.63, 3.8) is 0 Å². The predicted octanol–water partition coefficient (Wildman–Crippen LogP) is 1.24. The van der Waals surface area contributed by atoms with Crippen molar-refractivity contribution < 1.29 is 14.3 Å². The summed E-state index contributed by atoms with van der Waals surface area (Å²) in [5, 5.41) is 3.92. The Hall–Kier alpha value is -1.36. The first-order valence-electron chi connectivity index (χ1n) is 3.21. The Morgan fingerprint density at radius 2 is 2.33 bits per heavy atom. The molecule has 0 aliphatic rings. The maximum atomic E-state index is 11.0. The van der Waals surface area contributed by atoms with E-state index in [0.717, 1.165) is 0 Å². The second-order valence-corrected chi connectivity index (χ2v) is 2.85. The van der Waals surface area contributed by atoms with Crippen LogP contribution in [0, 0.1) is 0 Å². The molecule has 1 heterocycles. The Bertz CT molecular complexity index is 281. The molecule has 0 spiro atoms. The average molecular weight is 185 g/mol. The zero-order valence-corrected chi connectivity index (χ0v) is 7.18. The quantitative estimate of drug-likeness (QED) is 0.529. The minimum atomic E-state index is -0.742. The molecule has 1 N–H and O–H groups in total. The number of rotatable bonds is 1. The summed E-state index contributed by atoms with van der Waals surface area (Å²) in [7, 11) is 1.39. The molecule has 0 radical (unpaired) electrons. The molecule has 0 fully saturated rings. The van der Waals surface area contributed by atoms with E-state index in [0.29, 0.717) is 4.88 Å². The summed E-state index contributed by atoms with van der Waals surface area (Å²) in [5.74, 6) is -0.621. The van der Waals surface area contributed by atoms with Gasteiger partial charge in [0.1, 0.15) is 4.88 Å². The standard InChI is InChI=1S/C7H7NO3S/c1-8-7(10)11-6(9)5-3-2-4-12-5/h2-4H,1H3,(H,8,10). The predicted molar refractivity (Wildman–Crippen MR) is 44.2 cm³/mol. The number of carbonyl (C=O) groups excluding carboxylic acids is 2. The lowest BCUT2D eigenvalue weighted by molar-refractivity contribution is 0.0631. The minimum Gasteiger partial charge on any atom is -0.372 e. The molecule has 1 aromatic rings. The van der Waals surface area contributed by atoms with Crippen molar-refractivity contribution >= 4 is 23.4 Å². The summed E-state index contributed by atoms with van der Waals surface area (Å²) in [5.41, 5.74) is 0. The van der Waals surface area contributed by atoms with Crippen LogP contribution in [-0.4, -0.2) is 19.1 Å². The highest BCUT2D eigenvalue weighted by Crippen LogP contribution is 2.09. The Kier molecular flexibility index (Phi) is 2.82. The molecule has 0 bridgehead atoms. The van der Waals surface area contributed by atoms with Crippen molar-refractivity contribution in [3.05, 3.63) is 22.4 Å². The molecule has 4 nitrogen and oxygen atoms in total. The first kappa shape index (κ1) is 8.73. The molecule has 0 aliphatic heterocycles. The molecule has 0 unspecified atom stereocenters. The number of hydrogen-bond acceptors (Lipinski definition) is 4. The minimum absolute atomic E-state index is 0.415. The number of ether oxygens (including phenoxy) is 1. The summed E-state index contributed by atoms with van der Waals surface area (Å²) in [6.07, 6.45) is -0.742. The Balaban J connectivity index is 2.56. The highest BCUT2D eigenvalue weighted by atomic mass is 32.1. The van der Waals surface area contributed by atoms with E-state index in [1.54, 1.807) is 17.5 Å². The van der Waals surface area contributed by atoms with E-state index in [9.17, 15) is 9.59 Å². The third kappa shape index (κ3) is 2.06. The average Bonchev–Trinajstić information content (AvgIpc) is 2.56. The van der Waals surface area contributed by atoms with Crippen LogP contribution in [0.5, 0.6) is 0 Å². The summed E-state index contributed by atoms with van der Waals surface area (Å²) in [6.45, 7) is 0. The fourth-order valence-electron chi connectivity index (χ4n) is 0.580. The lowest BCUT2D eigenvalue weighted by atomic mass is 10.5. The molecule has 5 heteroatoms. The molecular weight excluding hydrogens is 178 g/mol. The van der Waals surface area contributed by atoms with Gasteiger partial charge in [-0.2, -0.15) is 0 Å². The van der Waals surface area contributed by atoms with Gasteiger partial charge >= 0.3 is 12.1 Å². The lowest BCUT2D eigenvalue weighted by Gasteiger charge is -1.97. The van der Waals surface area contributed by atoms with Crippen LogP contribution < -0.4 is 5.32 Å². The normalized spacial score (nSPS) is 9.08. The van der Waals surface area contributed by atoms with Crippen LogP contribution in [0.1, 0.15) is 9.67 Å². The zero-order chi connectivity index (χ0) is 8.97. The number of hydrogen-bond donors (Lipinski definition) is 1. The van der Waals surface area contributed by atoms with Crippen molar-refractivity contribution in [1.82, 2.24) is 5.32 Å². The van der Waals surface area contributed by atoms with E-state index in [1.807, 2.05) is 0 Å². The van der Waals surface area contributed by atoms with Crippen LogP contribution >= 0.6 is 11.3 Å². The second kappa shape index (κ2) is 3.87. The van der Waals surface area contributed by atoms with Gasteiger partial charge in [-0.1, -0.05) is 6.07 Å². The Labute approximate surface area is 73.2 Å². The summed E-state index contributed by atoms with van der Waals surface area (Å²) < 4.78 is 4.37. The summed E-state index contributed by atoms with van der Waals surface area (Å²) in [4.78, 5) is 22.0. The summed E-state index contributed by atoms with van der Waals surface area (Å²) in [6, 6.07) is 3.31. The van der Waals surface area contributed by atoms with Crippen LogP contribution in [0.25, 0.3) is 0 Å². The van der Waals surface area contributed by atoms with Crippen LogP contribution in [0.15, 0.2) is 17.5 Å². The fraction of sp³-hybridized carbons (Fsp3) is 0.143. The number of thiophene rings is 1. The topological polar surface area (TPSA) is 55.4 Å². The zero-order valence-electron chi connectivity index (χ0n) is 6.37. The molecular formula is C7H7NO3S. The van der Waals surface area contributed by atoms with Gasteiger partial charge in [0.25, 0.3) is 0 Å². The van der Waals surface area contributed by atoms with E-state index >= 15 is 0 Å². The molecule has 1 amide bonds. The van der Waals surface area contributed by atoms with Gasteiger partial charge < -0.3 is 10.1 Å². The highest BCUT2D eigenvalue weighted by molar-refractivity contribution is 7.12. The number of carbonyl (C=O) groups is 2. The number of amides is 1. The van der Waals surface area contributed by atoms with Crippen molar-refractivity contribution in [2.75, 3.05) is 7.05 Å². The molecule has 0 atom stereocenters. The molecule has 12 heavy (non-hydrogen) atoms. The SMILES string of the molecule is CNC(=O)OC(=O)c1cccs1. The van der Waals surface area contributed by atoms with Crippen LogP contribution in [0.3, 0.4) is 0 Å². The van der Waals surface area contributed by atoms with Crippen molar-refractivity contribution in [2.24, 2.45) is 0 Å². The Morgan fingerprint density at radius 1 is 1.58 bits per heavy atom. The van der Waals surface area contributed by atoms with E-state index in [2.05, 4.69) is 10.1 Å². The van der Waals surface area contributed by atoms with E-state index in [4.69, 9.17) is 0 Å².